The van der Waals surface area contributed by atoms with Crippen molar-refractivity contribution in [3.8, 4) is 33.4 Å². The molecule has 69 heavy (non-hydrogen) atoms. The first-order valence-corrected chi connectivity index (χ1v) is 23.9. The van der Waals surface area contributed by atoms with Crippen molar-refractivity contribution in [1.29, 1.82) is 0 Å². The van der Waals surface area contributed by atoms with Gasteiger partial charge in [0.05, 0.1) is 16.6 Å². The van der Waals surface area contributed by atoms with E-state index in [0.29, 0.717) is 0 Å². The summed E-state index contributed by atoms with van der Waals surface area (Å²) < 4.78 is 2.33. The minimum absolute atomic E-state index is 0.619. The summed E-state index contributed by atoms with van der Waals surface area (Å²) in [6.07, 6.45) is 0. The summed E-state index contributed by atoms with van der Waals surface area (Å²) in [4.78, 5) is 4.90. The number of aromatic nitrogens is 1. The van der Waals surface area contributed by atoms with Crippen molar-refractivity contribution in [1.82, 2.24) is 4.57 Å². The molecule has 1 aromatic heterocycles. The first-order chi connectivity index (χ1) is 34.1. The molecular formula is C66H45N3. The third kappa shape index (κ3) is 5.81. The lowest BCUT2D eigenvalue weighted by molar-refractivity contribution is 0.793. The van der Waals surface area contributed by atoms with Crippen molar-refractivity contribution >= 4 is 66.7 Å². The van der Waals surface area contributed by atoms with Gasteiger partial charge < -0.3 is 14.4 Å². The Morgan fingerprint density at radius 2 is 0.826 bits per heavy atom. The van der Waals surface area contributed by atoms with Gasteiger partial charge in [0.2, 0.25) is 0 Å². The highest BCUT2D eigenvalue weighted by molar-refractivity contribution is 6.09. The van der Waals surface area contributed by atoms with Gasteiger partial charge in [-0.2, -0.15) is 0 Å². The molecular weight excluding hydrogens is 835 g/mol. The van der Waals surface area contributed by atoms with Crippen LogP contribution in [0.3, 0.4) is 0 Å². The summed E-state index contributed by atoms with van der Waals surface area (Å²) in [5.41, 5.74) is 21.1. The summed E-state index contributed by atoms with van der Waals surface area (Å²) in [5, 5.41) is 4.97. The minimum atomic E-state index is -0.619. The maximum Gasteiger partial charge on any atom is 0.0727 e. The van der Waals surface area contributed by atoms with Crippen LogP contribution in [0.1, 0.15) is 22.3 Å². The van der Waals surface area contributed by atoms with Crippen LogP contribution in [0.5, 0.6) is 0 Å². The van der Waals surface area contributed by atoms with E-state index in [9.17, 15) is 0 Å². The van der Waals surface area contributed by atoms with E-state index in [2.05, 4.69) is 276 Å². The van der Waals surface area contributed by atoms with Gasteiger partial charge in [0.1, 0.15) is 0 Å². The van der Waals surface area contributed by atoms with Gasteiger partial charge in [-0.05, 0) is 146 Å². The molecule has 0 fully saturated rings. The molecule has 1 unspecified atom stereocenters. The van der Waals surface area contributed by atoms with Gasteiger partial charge >= 0.3 is 0 Å². The Labute approximate surface area is 402 Å². The lowest BCUT2D eigenvalue weighted by Crippen LogP contribution is -2.26. The van der Waals surface area contributed by atoms with E-state index in [1.807, 2.05) is 0 Å². The van der Waals surface area contributed by atoms with Crippen molar-refractivity contribution in [3.63, 3.8) is 0 Å². The average Bonchev–Trinajstić information content (AvgIpc) is 3.99. The summed E-state index contributed by atoms with van der Waals surface area (Å²) in [5.74, 6) is 0. The molecule has 1 spiro atoms. The molecule has 14 rings (SSSR count). The van der Waals surface area contributed by atoms with Crippen LogP contribution >= 0.6 is 0 Å². The van der Waals surface area contributed by atoms with Crippen LogP contribution in [0.2, 0.25) is 0 Å². The molecule has 0 saturated carbocycles. The van der Waals surface area contributed by atoms with Crippen LogP contribution in [-0.4, -0.2) is 4.57 Å². The van der Waals surface area contributed by atoms with Gasteiger partial charge in [-0.25, -0.2) is 0 Å². The molecule has 0 bridgehead atoms. The summed E-state index contributed by atoms with van der Waals surface area (Å²) in [7, 11) is 2.18. The van der Waals surface area contributed by atoms with E-state index >= 15 is 0 Å². The molecule has 0 saturated heterocycles. The fourth-order valence-corrected chi connectivity index (χ4v) is 12.0. The van der Waals surface area contributed by atoms with Gasteiger partial charge in [-0.3, -0.25) is 0 Å². The highest BCUT2D eigenvalue weighted by Crippen LogP contribution is 2.65. The average molecular weight is 880 g/mol. The second-order valence-electron chi connectivity index (χ2n) is 18.5. The molecule has 3 heteroatoms. The lowest BCUT2D eigenvalue weighted by atomic mass is 9.70. The molecule has 0 N–H and O–H groups in total. The Kier molecular flexibility index (Phi) is 8.71. The van der Waals surface area contributed by atoms with Crippen molar-refractivity contribution < 1.29 is 0 Å². The largest absolute Gasteiger partial charge is 0.344 e. The second-order valence-corrected chi connectivity index (χ2v) is 18.5. The highest BCUT2D eigenvalue weighted by Gasteiger charge is 2.52. The van der Waals surface area contributed by atoms with Crippen molar-refractivity contribution in [2.75, 3.05) is 9.80 Å². The zero-order chi connectivity index (χ0) is 45.6. The Balaban J connectivity index is 1.06. The highest BCUT2D eigenvalue weighted by atomic mass is 15.2. The van der Waals surface area contributed by atoms with Crippen LogP contribution in [0.25, 0.3) is 66.0 Å². The maximum absolute atomic E-state index is 2.54. The van der Waals surface area contributed by atoms with E-state index in [1.165, 1.54) is 88.2 Å². The number of aryl methyl sites for hydroxylation is 1. The van der Waals surface area contributed by atoms with E-state index in [1.54, 1.807) is 0 Å². The number of anilines is 6. The van der Waals surface area contributed by atoms with E-state index in [4.69, 9.17) is 0 Å². The Bertz CT molecular complexity index is 3940. The molecule has 324 valence electrons. The number of benzene rings is 11. The van der Waals surface area contributed by atoms with Gasteiger partial charge in [0.25, 0.3) is 0 Å². The van der Waals surface area contributed by atoms with E-state index in [0.717, 1.165) is 34.1 Å². The second kappa shape index (κ2) is 15.3. The summed E-state index contributed by atoms with van der Waals surface area (Å²) in [6.45, 7) is 0. The molecule has 0 aliphatic heterocycles. The number of para-hydroxylation sites is 4. The minimum Gasteiger partial charge on any atom is -0.344 e. The lowest BCUT2D eigenvalue weighted by Gasteiger charge is -2.34. The number of rotatable bonds is 7. The van der Waals surface area contributed by atoms with Crippen LogP contribution in [0.4, 0.5) is 34.1 Å². The number of fused-ring (bicyclic) bond motifs is 14. The standard InChI is InChI=1S/C66H45N3/c1-67-63-32-18-15-29-55(63)56-38-36-51(41-64(56)67)68(47-21-5-2-6-22-47)50-35-37-54-52-27-13-16-30-59(52)66(61(54)40-50)60-31-17-14-28-53(60)58-42-57(46-34-33-44-19-11-12-20-45(44)39-46)65(43-62(58)66)69(48-23-7-3-8-24-48)49-25-9-4-10-26-49/h2-43H,1H3. The first kappa shape index (κ1) is 39.3. The Morgan fingerprint density at radius 3 is 1.54 bits per heavy atom. The number of nitrogens with zero attached hydrogens (tertiary/aromatic N) is 3. The molecule has 2 aliphatic rings. The first-order valence-electron chi connectivity index (χ1n) is 23.9. The van der Waals surface area contributed by atoms with Crippen molar-refractivity contribution in [2.24, 2.45) is 7.05 Å². The van der Waals surface area contributed by atoms with Crippen LogP contribution in [0.15, 0.2) is 255 Å². The fourth-order valence-electron chi connectivity index (χ4n) is 12.0. The van der Waals surface area contributed by atoms with Crippen molar-refractivity contribution in [2.45, 2.75) is 5.41 Å². The normalized spacial score (nSPS) is 14.2. The SMILES string of the molecule is Cn1c2ccccc2c2ccc(N(c3ccccc3)c3ccc4c(c3)C3(c5ccccc5-4)c4ccccc4-c4cc(-c5ccc6ccccc6c5)c(N(c5ccccc5)c5ccccc5)cc43)cc21. The zero-order valence-corrected chi connectivity index (χ0v) is 38.1. The quantitative estimate of drug-likeness (QED) is 0.158. The molecule has 1 atom stereocenters. The smallest absolute Gasteiger partial charge is 0.0727 e. The van der Waals surface area contributed by atoms with Gasteiger partial charge in [-0.1, -0.05) is 170 Å². The zero-order valence-electron chi connectivity index (χ0n) is 38.1. The fraction of sp³-hybridized carbons (Fsp3) is 0.0303. The summed E-state index contributed by atoms with van der Waals surface area (Å²) >= 11 is 0. The van der Waals surface area contributed by atoms with E-state index in [-0.39, 0.29) is 0 Å². The molecule has 0 radical (unpaired) electrons. The van der Waals surface area contributed by atoms with Crippen LogP contribution in [0, 0.1) is 0 Å². The molecule has 1 heterocycles. The number of hydrogen-bond donors (Lipinski definition) is 0. The Morgan fingerprint density at radius 1 is 0.304 bits per heavy atom. The monoisotopic (exact) mass is 879 g/mol. The van der Waals surface area contributed by atoms with Gasteiger partial charge in [0.15, 0.2) is 0 Å². The molecule has 12 aromatic rings. The van der Waals surface area contributed by atoms with Crippen LogP contribution in [-0.2, 0) is 12.5 Å². The predicted octanol–water partition coefficient (Wildman–Crippen LogP) is 17.4. The Hall–Kier alpha value is -8.92. The number of hydrogen-bond acceptors (Lipinski definition) is 2. The van der Waals surface area contributed by atoms with Gasteiger partial charge in [0, 0.05) is 57.3 Å². The third-order valence-electron chi connectivity index (χ3n) is 14.9. The molecule has 0 amide bonds. The topological polar surface area (TPSA) is 11.4 Å². The summed E-state index contributed by atoms with van der Waals surface area (Å²) in [6, 6.07) is 94.5. The van der Waals surface area contributed by atoms with Gasteiger partial charge in [-0.15, -0.1) is 0 Å². The van der Waals surface area contributed by atoms with Crippen LogP contribution < -0.4 is 9.80 Å². The predicted molar refractivity (Wildman–Crippen MR) is 289 cm³/mol. The van der Waals surface area contributed by atoms with Crippen molar-refractivity contribution in [3.05, 3.63) is 277 Å². The van der Waals surface area contributed by atoms with E-state index < -0.39 is 5.41 Å². The molecule has 2 aliphatic carbocycles. The maximum atomic E-state index is 2.54. The molecule has 3 nitrogen and oxygen atoms in total. The third-order valence-corrected chi connectivity index (χ3v) is 14.9. The molecule has 11 aromatic carbocycles.